The summed E-state index contributed by atoms with van der Waals surface area (Å²) in [6, 6.07) is 23.6. The first-order chi connectivity index (χ1) is 15.1. The number of rotatable bonds is 7. The zero-order valence-corrected chi connectivity index (χ0v) is 17.4. The van der Waals surface area contributed by atoms with E-state index >= 15 is 0 Å². The molecular weight excluding hydrogens is 394 g/mol. The first-order valence-electron chi connectivity index (χ1n) is 9.98. The highest BCUT2D eigenvalue weighted by molar-refractivity contribution is 6.06. The molecule has 158 valence electrons. The molecule has 1 aliphatic rings. The molecule has 0 unspecified atom stereocenters. The molecule has 2 atom stereocenters. The predicted octanol–water partition coefficient (Wildman–Crippen LogP) is 4.08. The summed E-state index contributed by atoms with van der Waals surface area (Å²) in [6.07, 6.45) is -0.915. The average Bonchev–Trinajstić information content (AvgIpc) is 2.81. The van der Waals surface area contributed by atoms with Crippen molar-refractivity contribution in [2.75, 3.05) is 18.6 Å². The summed E-state index contributed by atoms with van der Waals surface area (Å²) in [7, 11) is 1.60. The van der Waals surface area contributed by atoms with Gasteiger partial charge < -0.3 is 14.2 Å². The van der Waals surface area contributed by atoms with Crippen LogP contribution in [-0.4, -0.2) is 31.7 Å². The van der Waals surface area contributed by atoms with Gasteiger partial charge in [0.1, 0.15) is 17.5 Å². The molecule has 0 spiro atoms. The summed E-state index contributed by atoms with van der Waals surface area (Å²) >= 11 is 0. The molecule has 4 rings (SSSR count). The molecule has 0 saturated carbocycles. The second kappa shape index (κ2) is 8.92. The summed E-state index contributed by atoms with van der Waals surface area (Å²) in [5.41, 5.74) is 2.70. The number of hydrogen-bond acceptors (Lipinski definition) is 5. The largest absolute Gasteiger partial charge is 0.497 e. The molecule has 0 radical (unpaired) electrons. The number of carbonyl (C=O) groups excluding carboxylic acids is 2. The molecule has 1 heterocycles. The third kappa shape index (κ3) is 4.38. The van der Waals surface area contributed by atoms with E-state index < -0.39 is 18.1 Å². The van der Waals surface area contributed by atoms with E-state index in [-0.39, 0.29) is 12.5 Å². The lowest BCUT2D eigenvalue weighted by atomic mass is 9.89. The first kappa shape index (κ1) is 20.5. The van der Waals surface area contributed by atoms with Crippen LogP contribution < -0.4 is 14.4 Å². The summed E-state index contributed by atoms with van der Waals surface area (Å²) < 4.78 is 16.2. The van der Waals surface area contributed by atoms with Gasteiger partial charge in [0, 0.05) is 5.69 Å². The van der Waals surface area contributed by atoms with Gasteiger partial charge in [-0.1, -0.05) is 48.0 Å². The van der Waals surface area contributed by atoms with Crippen LogP contribution in [0.3, 0.4) is 0 Å². The van der Waals surface area contributed by atoms with Gasteiger partial charge in [0.2, 0.25) is 6.10 Å². The van der Waals surface area contributed by atoms with Crippen molar-refractivity contribution in [2.24, 2.45) is 0 Å². The fourth-order valence-electron chi connectivity index (χ4n) is 3.53. The SMILES string of the molecule is COc1ccc([C@@H]2[C@H](OC(=O)COc3ccccc3)C(=O)N2c2ccc(C)cc2)cc1. The number of para-hydroxylation sites is 1. The molecule has 1 aliphatic heterocycles. The highest BCUT2D eigenvalue weighted by atomic mass is 16.6. The zero-order valence-electron chi connectivity index (χ0n) is 17.4. The van der Waals surface area contributed by atoms with Gasteiger partial charge in [-0.05, 0) is 48.9 Å². The number of aryl methyl sites for hydroxylation is 1. The van der Waals surface area contributed by atoms with Crippen molar-refractivity contribution in [1.82, 2.24) is 0 Å². The number of nitrogens with zero attached hydrogens (tertiary/aromatic N) is 1. The number of esters is 1. The van der Waals surface area contributed by atoms with E-state index in [1.807, 2.05) is 73.7 Å². The van der Waals surface area contributed by atoms with Gasteiger partial charge in [0.15, 0.2) is 6.61 Å². The molecule has 0 aliphatic carbocycles. The van der Waals surface area contributed by atoms with Crippen LogP contribution in [-0.2, 0) is 14.3 Å². The Morgan fingerprint density at radius 3 is 2.23 bits per heavy atom. The highest BCUT2D eigenvalue weighted by Crippen LogP contribution is 2.41. The minimum Gasteiger partial charge on any atom is -0.497 e. The van der Waals surface area contributed by atoms with Crippen LogP contribution in [0.4, 0.5) is 5.69 Å². The quantitative estimate of drug-likeness (QED) is 0.428. The summed E-state index contributed by atoms with van der Waals surface area (Å²) in [5.74, 6) is 0.412. The van der Waals surface area contributed by atoms with Crippen LogP contribution in [0.1, 0.15) is 17.2 Å². The van der Waals surface area contributed by atoms with Crippen LogP contribution in [0.15, 0.2) is 78.9 Å². The van der Waals surface area contributed by atoms with E-state index in [9.17, 15) is 9.59 Å². The van der Waals surface area contributed by atoms with E-state index in [2.05, 4.69) is 0 Å². The van der Waals surface area contributed by atoms with Crippen molar-refractivity contribution in [2.45, 2.75) is 19.1 Å². The molecule has 1 amide bonds. The number of amides is 1. The number of benzene rings is 3. The molecule has 1 fully saturated rings. The Morgan fingerprint density at radius 2 is 1.58 bits per heavy atom. The van der Waals surface area contributed by atoms with Crippen LogP contribution in [0, 0.1) is 6.92 Å². The minimum atomic E-state index is -0.915. The Kier molecular flexibility index (Phi) is 5.89. The third-order valence-electron chi connectivity index (χ3n) is 5.17. The van der Waals surface area contributed by atoms with Crippen LogP contribution in [0.5, 0.6) is 11.5 Å². The van der Waals surface area contributed by atoms with Gasteiger partial charge in [0.05, 0.1) is 7.11 Å². The van der Waals surface area contributed by atoms with Gasteiger partial charge in [0.25, 0.3) is 5.91 Å². The van der Waals surface area contributed by atoms with Gasteiger partial charge in [-0.2, -0.15) is 0 Å². The number of anilines is 1. The Labute approximate surface area is 181 Å². The van der Waals surface area contributed by atoms with Gasteiger partial charge >= 0.3 is 5.97 Å². The monoisotopic (exact) mass is 417 g/mol. The van der Waals surface area contributed by atoms with Gasteiger partial charge in [-0.25, -0.2) is 4.79 Å². The molecule has 0 aromatic heterocycles. The van der Waals surface area contributed by atoms with E-state index in [1.54, 1.807) is 24.1 Å². The fraction of sp³-hybridized carbons (Fsp3) is 0.200. The standard InChI is InChI=1S/C25H23NO5/c1-17-8-12-19(13-9-17)26-23(18-10-14-20(29-2)15-11-18)24(25(26)28)31-22(27)16-30-21-6-4-3-5-7-21/h3-15,23-24H,16H2,1-2H3/t23-,24+/m1/s1. The first-order valence-corrected chi connectivity index (χ1v) is 9.98. The normalized spacial score (nSPS) is 17.6. The third-order valence-corrected chi connectivity index (χ3v) is 5.17. The maximum Gasteiger partial charge on any atom is 0.345 e. The molecule has 6 heteroatoms. The Hall–Kier alpha value is -3.80. The predicted molar refractivity (Wildman–Crippen MR) is 116 cm³/mol. The molecule has 3 aromatic carbocycles. The summed E-state index contributed by atoms with van der Waals surface area (Å²) in [5, 5.41) is 0. The Bertz CT molecular complexity index is 1050. The molecule has 0 bridgehead atoms. The molecule has 0 N–H and O–H groups in total. The van der Waals surface area contributed by atoms with E-state index in [0.29, 0.717) is 11.5 Å². The van der Waals surface area contributed by atoms with Crippen molar-refractivity contribution < 1.29 is 23.8 Å². The fourth-order valence-corrected chi connectivity index (χ4v) is 3.53. The lowest BCUT2D eigenvalue weighted by Gasteiger charge is -2.46. The molecule has 31 heavy (non-hydrogen) atoms. The van der Waals surface area contributed by atoms with Crippen molar-refractivity contribution in [3.63, 3.8) is 0 Å². The summed E-state index contributed by atoms with van der Waals surface area (Å²) in [6.45, 7) is 1.72. The highest BCUT2D eigenvalue weighted by Gasteiger charge is 2.51. The molecule has 1 saturated heterocycles. The number of methoxy groups -OCH3 is 1. The topological polar surface area (TPSA) is 65.1 Å². The smallest absolute Gasteiger partial charge is 0.345 e. The maximum absolute atomic E-state index is 12.9. The van der Waals surface area contributed by atoms with Gasteiger partial charge in [-0.3, -0.25) is 9.69 Å². The lowest BCUT2D eigenvalue weighted by molar-refractivity contribution is -0.164. The molecule has 6 nitrogen and oxygen atoms in total. The summed E-state index contributed by atoms with van der Waals surface area (Å²) in [4.78, 5) is 27.0. The maximum atomic E-state index is 12.9. The van der Waals surface area contributed by atoms with Crippen molar-refractivity contribution in [3.8, 4) is 11.5 Å². The van der Waals surface area contributed by atoms with E-state index in [1.165, 1.54) is 0 Å². The van der Waals surface area contributed by atoms with Crippen molar-refractivity contribution in [3.05, 3.63) is 90.0 Å². The number of β-lactam (4-membered cyclic amide) rings is 1. The van der Waals surface area contributed by atoms with E-state index in [4.69, 9.17) is 14.2 Å². The molecule has 3 aromatic rings. The number of ether oxygens (including phenoxy) is 3. The van der Waals surface area contributed by atoms with Crippen LogP contribution >= 0.6 is 0 Å². The van der Waals surface area contributed by atoms with Crippen molar-refractivity contribution in [1.29, 1.82) is 0 Å². The Morgan fingerprint density at radius 1 is 0.903 bits per heavy atom. The lowest BCUT2D eigenvalue weighted by Crippen LogP contribution is -2.61. The number of carbonyl (C=O) groups is 2. The van der Waals surface area contributed by atoms with Crippen LogP contribution in [0.2, 0.25) is 0 Å². The van der Waals surface area contributed by atoms with Gasteiger partial charge in [-0.15, -0.1) is 0 Å². The second-order valence-electron chi connectivity index (χ2n) is 7.27. The van der Waals surface area contributed by atoms with Crippen molar-refractivity contribution >= 4 is 17.6 Å². The second-order valence-corrected chi connectivity index (χ2v) is 7.27. The zero-order chi connectivity index (χ0) is 21.8. The number of hydrogen-bond donors (Lipinski definition) is 0. The Balaban J connectivity index is 1.52. The average molecular weight is 417 g/mol. The van der Waals surface area contributed by atoms with Crippen LogP contribution in [0.25, 0.3) is 0 Å². The van der Waals surface area contributed by atoms with E-state index in [0.717, 1.165) is 16.8 Å². The minimum absolute atomic E-state index is 0.266. The molecular formula is C25H23NO5.